The van der Waals surface area contributed by atoms with Gasteiger partial charge < -0.3 is 15.4 Å². The van der Waals surface area contributed by atoms with Crippen molar-refractivity contribution in [1.29, 1.82) is 0 Å². The van der Waals surface area contributed by atoms with Crippen molar-refractivity contribution in [2.75, 3.05) is 45.9 Å². The molecule has 0 saturated carbocycles. The summed E-state index contributed by atoms with van der Waals surface area (Å²) < 4.78 is 4.93. The molecule has 0 radical (unpaired) electrons. The van der Waals surface area contributed by atoms with Crippen molar-refractivity contribution in [3.63, 3.8) is 0 Å². The lowest BCUT2D eigenvalue weighted by Gasteiger charge is -2.11. The zero-order chi connectivity index (χ0) is 9.40. The minimum atomic E-state index is 0.183. The molecule has 74 valence electrons. The van der Waals surface area contributed by atoms with Crippen LogP contribution in [0.15, 0.2) is 0 Å². The largest absolute Gasteiger partial charge is 0.383 e. The van der Waals surface area contributed by atoms with Crippen LogP contribution in [0.2, 0.25) is 0 Å². The second kappa shape index (κ2) is 7.86. The second-order valence-corrected chi connectivity index (χ2v) is 4.24. The molecule has 0 rings (SSSR count). The molecule has 2 N–H and O–H groups in total. The van der Waals surface area contributed by atoms with Gasteiger partial charge in [-0.25, -0.2) is 0 Å². The summed E-state index contributed by atoms with van der Waals surface area (Å²) in [7, 11) is 5.84. The summed E-state index contributed by atoms with van der Waals surface area (Å²) in [6, 6.07) is 0.183. The first-order valence-corrected chi connectivity index (χ1v) is 5.29. The molecular formula is C8H20N2OS. The normalized spacial score (nSPS) is 13.8. The Balaban J connectivity index is 3.08. The zero-order valence-corrected chi connectivity index (χ0v) is 9.06. The highest BCUT2D eigenvalue weighted by Crippen LogP contribution is 2.01. The number of rotatable bonds is 7. The quantitative estimate of drug-likeness (QED) is 0.587. The van der Waals surface area contributed by atoms with Crippen molar-refractivity contribution < 1.29 is 4.74 Å². The molecule has 4 heteroatoms. The molecule has 0 aromatic carbocycles. The van der Waals surface area contributed by atoms with Crippen LogP contribution in [0.4, 0.5) is 0 Å². The first-order valence-electron chi connectivity index (χ1n) is 4.13. The smallest absolute Gasteiger partial charge is 0.0621 e. The highest BCUT2D eigenvalue weighted by Gasteiger charge is 2.00. The summed E-state index contributed by atoms with van der Waals surface area (Å²) in [5.74, 6) is 2.13. The lowest BCUT2D eigenvalue weighted by atomic mass is 10.4. The first kappa shape index (κ1) is 12.2. The summed E-state index contributed by atoms with van der Waals surface area (Å²) in [4.78, 5) is 2.18. The Morgan fingerprint density at radius 3 is 2.67 bits per heavy atom. The SMILES string of the molecule is COCC(N)CSCCN(C)C. The van der Waals surface area contributed by atoms with Crippen LogP contribution >= 0.6 is 11.8 Å². The van der Waals surface area contributed by atoms with Crippen LogP contribution in [0.1, 0.15) is 0 Å². The molecular weight excluding hydrogens is 172 g/mol. The number of nitrogens with two attached hydrogens (primary N) is 1. The maximum absolute atomic E-state index is 5.74. The Hall–Kier alpha value is 0.230. The molecule has 1 atom stereocenters. The Labute approximate surface area is 79.6 Å². The molecule has 0 aliphatic rings. The van der Waals surface area contributed by atoms with E-state index in [2.05, 4.69) is 19.0 Å². The molecule has 0 aromatic heterocycles. The molecule has 1 unspecified atom stereocenters. The Morgan fingerprint density at radius 2 is 2.17 bits per heavy atom. The van der Waals surface area contributed by atoms with Crippen molar-refractivity contribution in [3.8, 4) is 0 Å². The number of thioether (sulfide) groups is 1. The highest BCUT2D eigenvalue weighted by atomic mass is 32.2. The molecule has 0 fully saturated rings. The molecule has 0 aliphatic carbocycles. The topological polar surface area (TPSA) is 38.5 Å². The summed E-state index contributed by atoms with van der Waals surface area (Å²) >= 11 is 1.88. The van der Waals surface area contributed by atoms with Gasteiger partial charge in [-0.1, -0.05) is 0 Å². The summed E-state index contributed by atoms with van der Waals surface area (Å²) in [5.41, 5.74) is 5.74. The molecule has 3 nitrogen and oxygen atoms in total. The molecule has 0 heterocycles. The standard InChI is InChI=1S/C8H20N2OS/c1-10(2)4-5-12-7-8(9)6-11-3/h8H,4-7,9H2,1-3H3. The van der Waals surface area contributed by atoms with Crippen molar-refractivity contribution in [1.82, 2.24) is 4.90 Å². The van der Waals surface area contributed by atoms with Gasteiger partial charge in [0.15, 0.2) is 0 Å². The van der Waals surface area contributed by atoms with Crippen molar-refractivity contribution in [2.24, 2.45) is 5.73 Å². The molecule has 0 spiro atoms. The fourth-order valence-electron chi connectivity index (χ4n) is 0.744. The van der Waals surface area contributed by atoms with E-state index in [0.717, 1.165) is 18.1 Å². The van der Waals surface area contributed by atoms with Crippen LogP contribution in [-0.4, -0.2) is 56.8 Å². The molecule has 0 aliphatic heterocycles. The van der Waals surface area contributed by atoms with Gasteiger partial charge in [-0.3, -0.25) is 0 Å². The van der Waals surface area contributed by atoms with E-state index >= 15 is 0 Å². The van der Waals surface area contributed by atoms with E-state index in [-0.39, 0.29) is 6.04 Å². The number of ether oxygens (including phenoxy) is 1. The third-order valence-electron chi connectivity index (χ3n) is 1.40. The zero-order valence-electron chi connectivity index (χ0n) is 8.25. The summed E-state index contributed by atoms with van der Waals surface area (Å²) in [5, 5.41) is 0. The lowest BCUT2D eigenvalue weighted by Crippen LogP contribution is -2.28. The molecule has 0 amide bonds. The maximum atomic E-state index is 5.74. The Kier molecular flexibility index (Phi) is 8.01. The van der Waals surface area contributed by atoms with Gasteiger partial charge in [-0.2, -0.15) is 11.8 Å². The summed E-state index contributed by atoms with van der Waals surface area (Å²) in [6.45, 7) is 1.78. The van der Waals surface area contributed by atoms with Gasteiger partial charge in [0.1, 0.15) is 0 Å². The predicted molar refractivity (Wildman–Crippen MR) is 55.7 cm³/mol. The Morgan fingerprint density at radius 1 is 1.50 bits per heavy atom. The van der Waals surface area contributed by atoms with Gasteiger partial charge in [0.05, 0.1) is 6.61 Å². The fraction of sp³-hybridized carbons (Fsp3) is 1.00. The van der Waals surface area contributed by atoms with Crippen molar-refractivity contribution in [2.45, 2.75) is 6.04 Å². The van der Waals surface area contributed by atoms with Gasteiger partial charge >= 0.3 is 0 Å². The molecule has 0 aromatic rings. The molecule has 0 saturated heterocycles. The van der Waals surface area contributed by atoms with Gasteiger partial charge in [-0.15, -0.1) is 0 Å². The van der Waals surface area contributed by atoms with E-state index in [1.807, 2.05) is 11.8 Å². The van der Waals surface area contributed by atoms with Gasteiger partial charge in [0, 0.05) is 31.2 Å². The van der Waals surface area contributed by atoms with Crippen LogP contribution < -0.4 is 5.73 Å². The maximum Gasteiger partial charge on any atom is 0.0621 e. The third kappa shape index (κ3) is 8.33. The van der Waals surface area contributed by atoms with Crippen LogP contribution in [-0.2, 0) is 4.74 Å². The van der Waals surface area contributed by atoms with E-state index in [0.29, 0.717) is 6.61 Å². The first-order chi connectivity index (χ1) is 5.66. The van der Waals surface area contributed by atoms with Gasteiger partial charge in [-0.05, 0) is 14.1 Å². The Bertz CT molecular complexity index is 101. The van der Waals surface area contributed by atoms with Gasteiger partial charge in [0.2, 0.25) is 0 Å². The lowest BCUT2D eigenvalue weighted by molar-refractivity contribution is 0.186. The van der Waals surface area contributed by atoms with E-state index in [4.69, 9.17) is 10.5 Å². The van der Waals surface area contributed by atoms with Crippen molar-refractivity contribution >= 4 is 11.8 Å². The van der Waals surface area contributed by atoms with Crippen LogP contribution in [0, 0.1) is 0 Å². The van der Waals surface area contributed by atoms with Crippen LogP contribution in [0.3, 0.4) is 0 Å². The predicted octanol–water partition coefficient (Wildman–Crippen LogP) is 0.255. The molecule has 12 heavy (non-hydrogen) atoms. The third-order valence-corrected chi connectivity index (χ3v) is 2.53. The number of methoxy groups -OCH3 is 1. The fourth-order valence-corrected chi connectivity index (χ4v) is 1.80. The average molecular weight is 192 g/mol. The van der Waals surface area contributed by atoms with E-state index in [1.165, 1.54) is 0 Å². The average Bonchev–Trinajstić information content (AvgIpc) is 1.98. The van der Waals surface area contributed by atoms with E-state index in [9.17, 15) is 0 Å². The van der Waals surface area contributed by atoms with E-state index in [1.54, 1.807) is 7.11 Å². The van der Waals surface area contributed by atoms with Crippen LogP contribution in [0.25, 0.3) is 0 Å². The minimum Gasteiger partial charge on any atom is -0.383 e. The summed E-state index contributed by atoms with van der Waals surface area (Å²) in [6.07, 6.45) is 0. The second-order valence-electron chi connectivity index (χ2n) is 3.09. The monoisotopic (exact) mass is 192 g/mol. The van der Waals surface area contributed by atoms with Crippen molar-refractivity contribution in [3.05, 3.63) is 0 Å². The number of nitrogens with zero attached hydrogens (tertiary/aromatic N) is 1. The minimum absolute atomic E-state index is 0.183. The van der Waals surface area contributed by atoms with Gasteiger partial charge in [0.25, 0.3) is 0 Å². The van der Waals surface area contributed by atoms with E-state index < -0.39 is 0 Å². The number of hydrogen-bond donors (Lipinski definition) is 1. The number of hydrogen-bond acceptors (Lipinski definition) is 4. The van der Waals surface area contributed by atoms with Crippen LogP contribution in [0.5, 0.6) is 0 Å². The highest BCUT2D eigenvalue weighted by molar-refractivity contribution is 7.99. The molecule has 0 bridgehead atoms.